The van der Waals surface area contributed by atoms with E-state index in [1.807, 2.05) is 31.2 Å². The molecule has 0 aliphatic carbocycles. The highest BCUT2D eigenvalue weighted by molar-refractivity contribution is 5.80. The molecular formula is C12H16N2O2. The molecule has 0 radical (unpaired) electrons. The van der Waals surface area contributed by atoms with Crippen LogP contribution < -0.4 is 15.8 Å². The van der Waals surface area contributed by atoms with Crippen molar-refractivity contribution < 1.29 is 9.53 Å². The molecule has 0 saturated carbocycles. The van der Waals surface area contributed by atoms with Crippen LogP contribution in [0.4, 0.5) is 0 Å². The van der Waals surface area contributed by atoms with Gasteiger partial charge in [-0.3, -0.25) is 4.79 Å². The third kappa shape index (κ3) is 2.52. The van der Waals surface area contributed by atoms with Crippen molar-refractivity contribution in [3.63, 3.8) is 0 Å². The van der Waals surface area contributed by atoms with Gasteiger partial charge in [0.05, 0.1) is 6.04 Å². The lowest BCUT2D eigenvalue weighted by molar-refractivity contribution is -0.119. The maximum atomic E-state index is 10.9. The molecule has 2 rings (SSSR count). The van der Waals surface area contributed by atoms with Gasteiger partial charge in [-0.1, -0.05) is 17.7 Å². The van der Waals surface area contributed by atoms with Gasteiger partial charge in [-0.2, -0.15) is 0 Å². The Balaban J connectivity index is 1.92. The van der Waals surface area contributed by atoms with Crippen LogP contribution in [-0.4, -0.2) is 24.6 Å². The summed E-state index contributed by atoms with van der Waals surface area (Å²) in [6.45, 7) is 2.70. The SMILES string of the molecule is Cc1ccc(OC2CN[C@H](C(N)=O)C2)cc1. The van der Waals surface area contributed by atoms with E-state index in [1.54, 1.807) is 0 Å². The summed E-state index contributed by atoms with van der Waals surface area (Å²) in [7, 11) is 0. The van der Waals surface area contributed by atoms with Gasteiger partial charge < -0.3 is 15.8 Å². The van der Waals surface area contributed by atoms with Crippen LogP contribution in [0.1, 0.15) is 12.0 Å². The first-order valence-electron chi connectivity index (χ1n) is 5.41. The maximum absolute atomic E-state index is 10.9. The molecule has 1 unspecified atom stereocenters. The zero-order chi connectivity index (χ0) is 11.5. The number of ether oxygens (including phenoxy) is 1. The molecule has 4 heteroatoms. The monoisotopic (exact) mass is 220 g/mol. The molecule has 2 atom stereocenters. The predicted octanol–water partition coefficient (Wildman–Crippen LogP) is 0.590. The number of hydrogen-bond acceptors (Lipinski definition) is 3. The fourth-order valence-corrected chi connectivity index (χ4v) is 1.82. The van der Waals surface area contributed by atoms with Gasteiger partial charge in [0.25, 0.3) is 0 Å². The molecule has 1 aromatic rings. The van der Waals surface area contributed by atoms with Crippen molar-refractivity contribution in [1.82, 2.24) is 5.32 Å². The van der Waals surface area contributed by atoms with Crippen LogP contribution in [0.25, 0.3) is 0 Å². The Labute approximate surface area is 94.8 Å². The number of hydrogen-bond donors (Lipinski definition) is 2. The Kier molecular flexibility index (Phi) is 3.10. The van der Waals surface area contributed by atoms with Crippen molar-refractivity contribution in [2.24, 2.45) is 5.73 Å². The molecule has 0 bridgehead atoms. The van der Waals surface area contributed by atoms with E-state index in [0.717, 1.165) is 5.75 Å². The van der Waals surface area contributed by atoms with Crippen molar-refractivity contribution in [3.8, 4) is 5.75 Å². The Morgan fingerprint density at radius 3 is 2.69 bits per heavy atom. The van der Waals surface area contributed by atoms with E-state index in [0.29, 0.717) is 13.0 Å². The quantitative estimate of drug-likeness (QED) is 0.783. The molecule has 1 fully saturated rings. The Morgan fingerprint density at radius 2 is 2.12 bits per heavy atom. The van der Waals surface area contributed by atoms with E-state index in [9.17, 15) is 4.79 Å². The number of nitrogens with two attached hydrogens (primary N) is 1. The van der Waals surface area contributed by atoms with Crippen molar-refractivity contribution in [1.29, 1.82) is 0 Å². The molecule has 16 heavy (non-hydrogen) atoms. The second-order valence-electron chi connectivity index (χ2n) is 4.15. The molecule has 1 aliphatic rings. The summed E-state index contributed by atoms with van der Waals surface area (Å²) >= 11 is 0. The van der Waals surface area contributed by atoms with E-state index >= 15 is 0 Å². The van der Waals surface area contributed by atoms with E-state index in [2.05, 4.69) is 5.32 Å². The van der Waals surface area contributed by atoms with Crippen molar-refractivity contribution in [2.45, 2.75) is 25.5 Å². The number of amides is 1. The number of nitrogens with one attached hydrogen (secondary N) is 1. The van der Waals surface area contributed by atoms with Crippen molar-refractivity contribution in [2.75, 3.05) is 6.54 Å². The van der Waals surface area contributed by atoms with Crippen LogP contribution in [0.2, 0.25) is 0 Å². The Bertz CT molecular complexity index is 375. The molecular weight excluding hydrogens is 204 g/mol. The number of carbonyl (C=O) groups excluding carboxylic acids is 1. The molecule has 1 saturated heterocycles. The van der Waals surface area contributed by atoms with Crippen LogP contribution in [0.3, 0.4) is 0 Å². The summed E-state index contributed by atoms with van der Waals surface area (Å²) in [6.07, 6.45) is 0.670. The minimum atomic E-state index is -0.310. The van der Waals surface area contributed by atoms with Crippen LogP contribution in [0.15, 0.2) is 24.3 Å². The topological polar surface area (TPSA) is 64.3 Å². The zero-order valence-corrected chi connectivity index (χ0v) is 9.27. The molecule has 1 heterocycles. The minimum absolute atomic E-state index is 0.0280. The molecule has 1 aromatic carbocycles. The van der Waals surface area contributed by atoms with Gasteiger partial charge in [0.2, 0.25) is 5.91 Å². The number of rotatable bonds is 3. The minimum Gasteiger partial charge on any atom is -0.489 e. The lowest BCUT2D eigenvalue weighted by Gasteiger charge is -2.12. The van der Waals surface area contributed by atoms with Crippen molar-refractivity contribution >= 4 is 5.91 Å². The van der Waals surface area contributed by atoms with Gasteiger partial charge in [0.15, 0.2) is 0 Å². The third-order valence-electron chi connectivity index (χ3n) is 2.76. The van der Waals surface area contributed by atoms with Gasteiger partial charge in [-0.05, 0) is 19.1 Å². The average molecular weight is 220 g/mol. The molecule has 1 amide bonds. The van der Waals surface area contributed by atoms with Gasteiger partial charge in [0, 0.05) is 13.0 Å². The average Bonchev–Trinajstić information content (AvgIpc) is 2.70. The lowest BCUT2D eigenvalue weighted by Crippen LogP contribution is -2.36. The summed E-state index contributed by atoms with van der Waals surface area (Å²) in [4.78, 5) is 10.9. The van der Waals surface area contributed by atoms with E-state index in [-0.39, 0.29) is 18.1 Å². The zero-order valence-electron chi connectivity index (χ0n) is 9.27. The van der Waals surface area contributed by atoms with Crippen molar-refractivity contribution in [3.05, 3.63) is 29.8 Å². The van der Waals surface area contributed by atoms with Gasteiger partial charge in [-0.15, -0.1) is 0 Å². The van der Waals surface area contributed by atoms with Gasteiger partial charge in [0.1, 0.15) is 11.9 Å². The molecule has 4 nitrogen and oxygen atoms in total. The summed E-state index contributed by atoms with van der Waals surface area (Å²) in [5.41, 5.74) is 6.42. The summed E-state index contributed by atoms with van der Waals surface area (Å²) in [5.74, 6) is 0.525. The molecule has 1 aliphatic heterocycles. The number of carbonyl (C=O) groups is 1. The van der Waals surface area contributed by atoms with Crippen LogP contribution in [0, 0.1) is 6.92 Å². The largest absolute Gasteiger partial charge is 0.489 e. The Hall–Kier alpha value is -1.55. The fourth-order valence-electron chi connectivity index (χ4n) is 1.82. The normalized spacial score (nSPS) is 24.3. The number of benzene rings is 1. The van der Waals surface area contributed by atoms with Crippen LogP contribution in [-0.2, 0) is 4.79 Å². The van der Waals surface area contributed by atoms with E-state index in [4.69, 9.17) is 10.5 Å². The summed E-state index contributed by atoms with van der Waals surface area (Å²) < 4.78 is 5.74. The van der Waals surface area contributed by atoms with Crippen LogP contribution >= 0.6 is 0 Å². The lowest BCUT2D eigenvalue weighted by atomic mass is 10.2. The standard InChI is InChI=1S/C12H16N2O2/c1-8-2-4-9(5-3-8)16-10-6-11(12(13)15)14-7-10/h2-5,10-11,14H,6-7H2,1H3,(H2,13,15)/t10?,11-/m0/s1. The highest BCUT2D eigenvalue weighted by Gasteiger charge is 2.28. The molecule has 3 N–H and O–H groups in total. The first kappa shape index (κ1) is 11.0. The third-order valence-corrected chi connectivity index (χ3v) is 2.76. The van der Waals surface area contributed by atoms with Gasteiger partial charge >= 0.3 is 0 Å². The smallest absolute Gasteiger partial charge is 0.234 e. The first-order valence-corrected chi connectivity index (χ1v) is 5.41. The molecule has 0 aromatic heterocycles. The Morgan fingerprint density at radius 1 is 1.44 bits per heavy atom. The number of aryl methyl sites for hydroxylation is 1. The predicted molar refractivity (Wildman–Crippen MR) is 61.2 cm³/mol. The summed E-state index contributed by atoms with van der Waals surface area (Å²) in [6, 6.07) is 7.63. The second-order valence-corrected chi connectivity index (χ2v) is 4.15. The first-order chi connectivity index (χ1) is 7.65. The molecule has 86 valence electrons. The highest BCUT2D eigenvalue weighted by atomic mass is 16.5. The highest BCUT2D eigenvalue weighted by Crippen LogP contribution is 2.17. The van der Waals surface area contributed by atoms with E-state index in [1.165, 1.54) is 5.56 Å². The van der Waals surface area contributed by atoms with Crippen LogP contribution in [0.5, 0.6) is 5.75 Å². The van der Waals surface area contributed by atoms with E-state index < -0.39 is 0 Å². The summed E-state index contributed by atoms with van der Waals surface area (Å²) in [5, 5.41) is 3.04. The number of primary amides is 1. The fraction of sp³-hybridized carbons (Fsp3) is 0.417. The maximum Gasteiger partial charge on any atom is 0.234 e. The second kappa shape index (κ2) is 4.53. The molecule has 0 spiro atoms. The van der Waals surface area contributed by atoms with Gasteiger partial charge in [-0.25, -0.2) is 0 Å².